The van der Waals surface area contributed by atoms with Gasteiger partial charge in [0.15, 0.2) is 0 Å². The number of hydrogen-bond acceptors (Lipinski definition) is 2. The summed E-state index contributed by atoms with van der Waals surface area (Å²) in [5, 5.41) is 21.3. The predicted octanol–water partition coefficient (Wildman–Crippen LogP) is 3.01. The molecule has 0 aromatic carbocycles. The molecule has 0 aliphatic heterocycles. The SMILES string of the molecule is CCCCCC12CC3CC(O)(CC(O)(C3)C1)C2. The molecule has 2 heteroatoms. The summed E-state index contributed by atoms with van der Waals surface area (Å²) in [4.78, 5) is 0. The van der Waals surface area contributed by atoms with Crippen molar-refractivity contribution in [3.8, 4) is 0 Å². The maximum Gasteiger partial charge on any atom is 0.0683 e. The molecule has 0 aromatic rings. The van der Waals surface area contributed by atoms with Crippen LogP contribution >= 0.6 is 0 Å². The van der Waals surface area contributed by atoms with Crippen molar-refractivity contribution in [1.82, 2.24) is 0 Å². The van der Waals surface area contributed by atoms with Gasteiger partial charge in [0.2, 0.25) is 0 Å². The first-order valence-corrected chi connectivity index (χ1v) is 7.41. The maximum absolute atomic E-state index is 10.6. The van der Waals surface area contributed by atoms with Crippen molar-refractivity contribution in [2.45, 2.75) is 82.3 Å². The van der Waals surface area contributed by atoms with Crippen molar-refractivity contribution in [3.63, 3.8) is 0 Å². The molecule has 4 fully saturated rings. The van der Waals surface area contributed by atoms with Crippen molar-refractivity contribution in [2.24, 2.45) is 11.3 Å². The van der Waals surface area contributed by atoms with Gasteiger partial charge in [-0.3, -0.25) is 0 Å². The summed E-state index contributed by atoms with van der Waals surface area (Å²) >= 11 is 0. The van der Waals surface area contributed by atoms with Crippen LogP contribution in [-0.4, -0.2) is 21.4 Å². The first kappa shape index (κ1) is 12.0. The van der Waals surface area contributed by atoms with Gasteiger partial charge in [0.1, 0.15) is 0 Å². The van der Waals surface area contributed by atoms with Gasteiger partial charge in [0, 0.05) is 6.42 Å². The fourth-order valence-electron chi connectivity index (χ4n) is 5.56. The highest BCUT2D eigenvalue weighted by Crippen LogP contribution is 2.64. The lowest BCUT2D eigenvalue weighted by Crippen LogP contribution is -2.63. The summed E-state index contributed by atoms with van der Waals surface area (Å²) in [7, 11) is 0. The quantitative estimate of drug-likeness (QED) is 0.739. The van der Waals surface area contributed by atoms with Crippen LogP contribution in [0.1, 0.15) is 71.1 Å². The van der Waals surface area contributed by atoms with Gasteiger partial charge in [-0.1, -0.05) is 26.2 Å². The minimum absolute atomic E-state index is 0.276. The molecule has 4 aliphatic rings. The standard InChI is InChI=1S/C15H26O2/c1-2-3-4-5-13-6-12-7-14(16,9-13)11-15(17,8-12)10-13/h12,16-17H,2-11H2,1H3. The second-order valence-corrected chi connectivity index (χ2v) is 7.41. The van der Waals surface area contributed by atoms with E-state index >= 15 is 0 Å². The van der Waals surface area contributed by atoms with Crippen LogP contribution in [0.5, 0.6) is 0 Å². The lowest BCUT2D eigenvalue weighted by molar-refractivity contribution is -0.231. The van der Waals surface area contributed by atoms with E-state index in [-0.39, 0.29) is 5.41 Å². The Morgan fingerprint density at radius 3 is 2.12 bits per heavy atom. The predicted molar refractivity (Wildman–Crippen MR) is 67.7 cm³/mol. The highest BCUT2D eigenvalue weighted by atomic mass is 16.3. The lowest BCUT2D eigenvalue weighted by atomic mass is 9.45. The van der Waals surface area contributed by atoms with Crippen LogP contribution in [-0.2, 0) is 0 Å². The molecule has 0 saturated heterocycles. The molecule has 4 bridgehead atoms. The molecule has 0 heterocycles. The molecule has 2 unspecified atom stereocenters. The fourth-order valence-corrected chi connectivity index (χ4v) is 5.56. The van der Waals surface area contributed by atoms with E-state index in [0.717, 1.165) is 25.7 Å². The van der Waals surface area contributed by atoms with Crippen LogP contribution < -0.4 is 0 Å². The average Bonchev–Trinajstić information content (AvgIpc) is 2.11. The van der Waals surface area contributed by atoms with Crippen LogP contribution in [0.25, 0.3) is 0 Å². The molecular formula is C15H26O2. The molecule has 4 aliphatic carbocycles. The molecule has 4 saturated carbocycles. The van der Waals surface area contributed by atoms with Crippen molar-refractivity contribution >= 4 is 0 Å². The zero-order valence-electron chi connectivity index (χ0n) is 11.0. The minimum Gasteiger partial charge on any atom is -0.390 e. The van der Waals surface area contributed by atoms with E-state index in [0.29, 0.717) is 12.3 Å². The first-order chi connectivity index (χ1) is 7.97. The number of unbranched alkanes of at least 4 members (excludes halogenated alkanes) is 2. The molecule has 0 aromatic heterocycles. The Balaban J connectivity index is 1.77. The molecule has 98 valence electrons. The van der Waals surface area contributed by atoms with E-state index in [1.54, 1.807) is 0 Å². The van der Waals surface area contributed by atoms with E-state index in [2.05, 4.69) is 6.92 Å². The smallest absolute Gasteiger partial charge is 0.0683 e. The van der Waals surface area contributed by atoms with Crippen LogP contribution in [0.15, 0.2) is 0 Å². The molecule has 2 atom stereocenters. The molecule has 0 radical (unpaired) electrons. The van der Waals surface area contributed by atoms with Gasteiger partial charge in [-0.05, 0) is 49.9 Å². The highest BCUT2D eigenvalue weighted by Gasteiger charge is 2.62. The minimum atomic E-state index is -0.527. The van der Waals surface area contributed by atoms with Gasteiger partial charge in [-0.15, -0.1) is 0 Å². The average molecular weight is 238 g/mol. The summed E-state index contributed by atoms with van der Waals surface area (Å²) in [5.41, 5.74) is -0.779. The number of aliphatic hydroxyl groups is 2. The Morgan fingerprint density at radius 2 is 1.59 bits per heavy atom. The Hall–Kier alpha value is -0.0800. The Bertz CT molecular complexity index is 294. The largest absolute Gasteiger partial charge is 0.390 e. The van der Waals surface area contributed by atoms with Crippen LogP contribution in [0, 0.1) is 11.3 Å². The van der Waals surface area contributed by atoms with E-state index in [4.69, 9.17) is 0 Å². The van der Waals surface area contributed by atoms with Crippen molar-refractivity contribution in [2.75, 3.05) is 0 Å². The maximum atomic E-state index is 10.6. The Morgan fingerprint density at radius 1 is 0.941 bits per heavy atom. The summed E-state index contributed by atoms with van der Waals surface area (Å²) < 4.78 is 0. The van der Waals surface area contributed by atoms with E-state index in [9.17, 15) is 10.2 Å². The van der Waals surface area contributed by atoms with E-state index in [1.165, 1.54) is 32.1 Å². The zero-order chi connectivity index (χ0) is 12.1. The van der Waals surface area contributed by atoms with Gasteiger partial charge in [-0.2, -0.15) is 0 Å². The second kappa shape index (κ2) is 3.71. The Kier molecular flexibility index (Phi) is 2.61. The fraction of sp³-hybridized carbons (Fsp3) is 1.00. The molecular weight excluding hydrogens is 212 g/mol. The van der Waals surface area contributed by atoms with Crippen molar-refractivity contribution in [3.05, 3.63) is 0 Å². The molecule has 17 heavy (non-hydrogen) atoms. The van der Waals surface area contributed by atoms with Gasteiger partial charge in [0.25, 0.3) is 0 Å². The van der Waals surface area contributed by atoms with Gasteiger partial charge < -0.3 is 10.2 Å². The molecule has 0 amide bonds. The summed E-state index contributed by atoms with van der Waals surface area (Å²) in [6.45, 7) is 2.24. The topological polar surface area (TPSA) is 40.5 Å². The van der Waals surface area contributed by atoms with Crippen LogP contribution in [0.3, 0.4) is 0 Å². The van der Waals surface area contributed by atoms with Gasteiger partial charge >= 0.3 is 0 Å². The third kappa shape index (κ3) is 2.04. The Labute approximate surface area is 104 Å². The second-order valence-electron chi connectivity index (χ2n) is 7.41. The summed E-state index contributed by atoms with van der Waals surface area (Å²) in [6, 6.07) is 0. The van der Waals surface area contributed by atoms with Crippen molar-refractivity contribution < 1.29 is 10.2 Å². The summed E-state index contributed by atoms with van der Waals surface area (Å²) in [6.07, 6.45) is 10.8. The van der Waals surface area contributed by atoms with E-state index < -0.39 is 11.2 Å². The monoisotopic (exact) mass is 238 g/mol. The molecule has 2 N–H and O–H groups in total. The third-order valence-corrected chi connectivity index (χ3v) is 5.44. The van der Waals surface area contributed by atoms with Crippen molar-refractivity contribution in [1.29, 1.82) is 0 Å². The third-order valence-electron chi connectivity index (χ3n) is 5.44. The highest BCUT2D eigenvalue weighted by molar-refractivity contribution is 5.14. The number of rotatable bonds is 4. The van der Waals surface area contributed by atoms with E-state index in [1.807, 2.05) is 0 Å². The van der Waals surface area contributed by atoms with Gasteiger partial charge in [-0.25, -0.2) is 0 Å². The van der Waals surface area contributed by atoms with Crippen LogP contribution in [0.4, 0.5) is 0 Å². The summed E-state index contributed by atoms with van der Waals surface area (Å²) in [5.74, 6) is 0.586. The number of hydrogen-bond donors (Lipinski definition) is 2. The first-order valence-electron chi connectivity index (χ1n) is 7.41. The lowest BCUT2D eigenvalue weighted by Gasteiger charge is -2.63. The normalized spacial score (nSPS) is 52.1. The molecule has 4 rings (SSSR count). The zero-order valence-corrected chi connectivity index (χ0v) is 11.0. The molecule has 0 spiro atoms. The molecule has 2 nitrogen and oxygen atoms in total. The van der Waals surface area contributed by atoms with Crippen LogP contribution in [0.2, 0.25) is 0 Å². The van der Waals surface area contributed by atoms with Gasteiger partial charge in [0.05, 0.1) is 11.2 Å².